The van der Waals surface area contributed by atoms with Crippen LogP contribution in [0, 0.1) is 12.3 Å². The number of anilines is 2. The number of nitrogens with zero attached hydrogens (tertiary/aromatic N) is 3. The van der Waals surface area contributed by atoms with Crippen molar-refractivity contribution < 1.29 is 4.79 Å². The molecule has 1 saturated heterocycles. The van der Waals surface area contributed by atoms with E-state index in [9.17, 15) is 4.79 Å². The topological polar surface area (TPSA) is 81.6 Å². The largest absolute Gasteiger partial charge is 0.353 e. The second kappa shape index (κ2) is 11.6. The zero-order valence-corrected chi connectivity index (χ0v) is 19.6. The van der Waals surface area contributed by atoms with Gasteiger partial charge in [-0.05, 0) is 36.8 Å². The molecule has 0 radical (unpaired) electrons. The highest BCUT2D eigenvalue weighted by Crippen LogP contribution is 2.25. The first-order chi connectivity index (χ1) is 14.1. The average molecular weight is 539 g/mol. The van der Waals surface area contributed by atoms with Crippen molar-refractivity contribution in [2.45, 2.75) is 12.5 Å². The Morgan fingerprint density at radius 2 is 2.23 bits per heavy atom. The fraction of sp³-hybridized carbons (Fsp3) is 0.286. The van der Waals surface area contributed by atoms with Crippen molar-refractivity contribution in [2.75, 3.05) is 36.9 Å². The first-order valence-corrected chi connectivity index (χ1v) is 9.66. The highest BCUT2D eigenvalue weighted by Gasteiger charge is 2.25. The van der Waals surface area contributed by atoms with Crippen LogP contribution in [0.15, 0.2) is 47.6 Å². The lowest BCUT2D eigenvalue weighted by atomic mass is 10.2. The summed E-state index contributed by atoms with van der Waals surface area (Å²) in [5, 5.41) is 9.83. The molecular weight excluding hydrogens is 515 g/mol. The van der Waals surface area contributed by atoms with E-state index in [1.807, 2.05) is 18.2 Å². The third-order valence-corrected chi connectivity index (χ3v) is 4.82. The molecule has 1 unspecified atom stereocenters. The minimum absolute atomic E-state index is 0. The minimum Gasteiger partial charge on any atom is -0.353 e. The van der Waals surface area contributed by atoms with Crippen LogP contribution in [0.25, 0.3) is 0 Å². The van der Waals surface area contributed by atoms with Gasteiger partial charge >= 0.3 is 0 Å². The zero-order valence-electron chi connectivity index (χ0n) is 16.6. The van der Waals surface area contributed by atoms with Crippen LogP contribution in [-0.2, 0) is 4.79 Å². The molecule has 30 heavy (non-hydrogen) atoms. The highest BCUT2D eigenvalue weighted by atomic mass is 127. The summed E-state index contributed by atoms with van der Waals surface area (Å²) in [6.45, 7) is 1.68. The lowest BCUT2D eigenvalue weighted by Gasteiger charge is -2.20. The first kappa shape index (κ1) is 23.8. The maximum atomic E-state index is 12.2. The Labute approximate surface area is 198 Å². The number of pyridine rings is 1. The van der Waals surface area contributed by atoms with Gasteiger partial charge < -0.3 is 20.9 Å². The molecule has 1 atom stereocenters. The predicted molar refractivity (Wildman–Crippen MR) is 133 cm³/mol. The fourth-order valence-corrected chi connectivity index (χ4v) is 3.37. The lowest BCUT2D eigenvalue weighted by molar-refractivity contribution is -0.115. The van der Waals surface area contributed by atoms with Gasteiger partial charge in [0, 0.05) is 43.6 Å². The van der Waals surface area contributed by atoms with Gasteiger partial charge in [-0.2, -0.15) is 0 Å². The van der Waals surface area contributed by atoms with Crippen molar-refractivity contribution in [2.24, 2.45) is 4.99 Å². The molecule has 3 N–H and O–H groups in total. The summed E-state index contributed by atoms with van der Waals surface area (Å²) in [6, 6.07) is 11.0. The number of hydrogen-bond donors (Lipinski definition) is 3. The van der Waals surface area contributed by atoms with Gasteiger partial charge in [-0.1, -0.05) is 23.6 Å². The Morgan fingerprint density at radius 1 is 1.40 bits per heavy atom. The van der Waals surface area contributed by atoms with Gasteiger partial charge in [-0.25, -0.2) is 4.98 Å². The highest BCUT2D eigenvalue weighted by molar-refractivity contribution is 14.0. The molecular formula is C21H24ClIN6O. The zero-order chi connectivity index (χ0) is 20.6. The second-order valence-electron chi connectivity index (χ2n) is 6.58. The van der Waals surface area contributed by atoms with E-state index in [2.05, 4.69) is 36.7 Å². The van der Waals surface area contributed by atoms with E-state index >= 15 is 0 Å². The molecule has 2 aromatic rings. The first-order valence-electron chi connectivity index (χ1n) is 9.28. The summed E-state index contributed by atoms with van der Waals surface area (Å²) in [6.07, 6.45) is 8.04. The smallest absolute Gasteiger partial charge is 0.243 e. The van der Waals surface area contributed by atoms with E-state index in [1.54, 1.807) is 31.4 Å². The molecule has 0 saturated carbocycles. The van der Waals surface area contributed by atoms with E-state index < -0.39 is 0 Å². The van der Waals surface area contributed by atoms with E-state index in [0.29, 0.717) is 22.2 Å². The summed E-state index contributed by atoms with van der Waals surface area (Å²) >= 11 is 6.24. The van der Waals surface area contributed by atoms with Gasteiger partial charge in [0.25, 0.3) is 0 Å². The van der Waals surface area contributed by atoms with Crippen molar-refractivity contribution in [3.8, 4) is 12.3 Å². The molecule has 7 nitrogen and oxygen atoms in total. The number of carbonyl (C=O) groups is 1. The van der Waals surface area contributed by atoms with Crippen LogP contribution in [0.5, 0.6) is 0 Å². The number of benzene rings is 1. The Kier molecular flexibility index (Phi) is 9.20. The van der Waals surface area contributed by atoms with Crippen LogP contribution in [0.2, 0.25) is 5.02 Å². The molecule has 0 bridgehead atoms. The van der Waals surface area contributed by atoms with Crippen LogP contribution in [-0.4, -0.2) is 49.6 Å². The number of terminal acetylenes is 1. The molecule has 1 aromatic carbocycles. The number of aromatic nitrogens is 1. The van der Waals surface area contributed by atoms with E-state index in [1.165, 1.54) is 0 Å². The molecule has 0 spiro atoms. The Bertz CT molecular complexity index is 945. The quantitative estimate of drug-likeness (QED) is 0.236. The Morgan fingerprint density at radius 3 is 2.97 bits per heavy atom. The summed E-state index contributed by atoms with van der Waals surface area (Å²) < 4.78 is 0. The number of aliphatic imine (C=N–C) groups is 1. The Hall–Kier alpha value is -2.51. The maximum Gasteiger partial charge on any atom is 0.243 e. The minimum atomic E-state index is -0.185. The fourth-order valence-electron chi connectivity index (χ4n) is 3.12. The molecule has 1 aliphatic rings. The molecule has 1 amide bonds. The monoisotopic (exact) mass is 538 g/mol. The van der Waals surface area contributed by atoms with Crippen molar-refractivity contribution in [1.82, 2.24) is 15.6 Å². The molecule has 9 heteroatoms. The third kappa shape index (κ3) is 6.50. The summed E-state index contributed by atoms with van der Waals surface area (Å²) in [5.41, 5.74) is 1.38. The van der Waals surface area contributed by atoms with E-state index in [4.69, 9.17) is 18.0 Å². The predicted octanol–water partition coefficient (Wildman–Crippen LogP) is 2.72. The SMILES string of the molecule is C#Cc1cccc(NC(=O)CNC(=NC)NC2CCN(c3ncccc3Cl)C2)c1.I. The van der Waals surface area contributed by atoms with Crippen LogP contribution in [0.4, 0.5) is 11.5 Å². The van der Waals surface area contributed by atoms with E-state index in [0.717, 1.165) is 25.3 Å². The summed E-state index contributed by atoms with van der Waals surface area (Å²) in [5.74, 6) is 3.71. The molecule has 0 aliphatic carbocycles. The van der Waals surface area contributed by atoms with Crippen molar-refractivity contribution in [1.29, 1.82) is 0 Å². The van der Waals surface area contributed by atoms with Gasteiger partial charge in [0.2, 0.25) is 5.91 Å². The number of hydrogen-bond acceptors (Lipinski definition) is 4. The lowest BCUT2D eigenvalue weighted by Crippen LogP contribution is -2.46. The maximum absolute atomic E-state index is 12.2. The van der Waals surface area contributed by atoms with Gasteiger partial charge in [-0.15, -0.1) is 30.4 Å². The van der Waals surface area contributed by atoms with E-state index in [-0.39, 0.29) is 42.5 Å². The van der Waals surface area contributed by atoms with Gasteiger partial charge in [0.05, 0.1) is 11.6 Å². The number of amides is 1. The number of halogens is 2. The normalized spacial score (nSPS) is 15.7. The molecule has 1 fully saturated rings. The van der Waals surface area contributed by atoms with Gasteiger partial charge in [0.15, 0.2) is 5.96 Å². The van der Waals surface area contributed by atoms with Crippen LogP contribution >= 0.6 is 35.6 Å². The van der Waals surface area contributed by atoms with Crippen LogP contribution < -0.4 is 20.9 Å². The standard InChI is InChI=1S/C21H23ClN6O.HI/c1-3-15-6-4-7-16(12-15)26-19(29)13-25-21(23-2)27-17-9-11-28(14-17)20-18(22)8-5-10-24-20;/h1,4-8,10,12,17H,9,11,13-14H2,2H3,(H,26,29)(H2,23,25,27);1H. The van der Waals surface area contributed by atoms with Crippen LogP contribution in [0.3, 0.4) is 0 Å². The van der Waals surface area contributed by atoms with Gasteiger partial charge in [0.1, 0.15) is 5.82 Å². The van der Waals surface area contributed by atoms with Crippen molar-refractivity contribution in [3.05, 3.63) is 53.2 Å². The number of rotatable bonds is 5. The molecule has 3 rings (SSSR count). The molecule has 1 aliphatic heterocycles. The van der Waals surface area contributed by atoms with Crippen molar-refractivity contribution >= 4 is 58.9 Å². The molecule has 1 aromatic heterocycles. The Balaban J connectivity index is 0.00000320. The molecule has 158 valence electrons. The second-order valence-corrected chi connectivity index (χ2v) is 6.99. The number of nitrogens with one attached hydrogen (secondary N) is 3. The number of guanidine groups is 1. The van der Waals surface area contributed by atoms with Crippen molar-refractivity contribution in [3.63, 3.8) is 0 Å². The molecule has 2 heterocycles. The van der Waals surface area contributed by atoms with Gasteiger partial charge in [-0.3, -0.25) is 9.79 Å². The third-order valence-electron chi connectivity index (χ3n) is 4.52. The number of carbonyl (C=O) groups excluding carboxylic acids is 1. The van der Waals surface area contributed by atoms with Crippen LogP contribution in [0.1, 0.15) is 12.0 Å². The average Bonchev–Trinajstić information content (AvgIpc) is 3.19. The summed E-state index contributed by atoms with van der Waals surface area (Å²) in [4.78, 5) is 22.9. The summed E-state index contributed by atoms with van der Waals surface area (Å²) in [7, 11) is 1.67.